The van der Waals surface area contributed by atoms with Crippen molar-refractivity contribution >= 4 is 29.3 Å². The van der Waals surface area contributed by atoms with Crippen molar-refractivity contribution in [3.8, 4) is 0 Å². The number of urea groups is 1. The minimum Gasteiger partial charge on any atom is -0.468 e. The van der Waals surface area contributed by atoms with Gasteiger partial charge in [0.1, 0.15) is 6.04 Å². The van der Waals surface area contributed by atoms with Crippen LogP contribution in [0.2, 0.25) is 5.02 Å². The lowest BCUT2D eigenvalue weighted by Gasteiger charge is -2.38. The lowest BCUT2D eigenvalue weighted by molar-refractivity contribution is -0.148. The highest BCUT2D eigenvalue weighted by atomic mass is 35.5. The van der Waals surface area contributed by atoms with Crippen LogP contribution in [0.5, 0.6) is 0 Å². The van der Waals surface area contributed by atoms with Gasteiger partial charge in [0.15, 0.2) is 11.6 Å². The molecule has 2 amide bonds. The number of amides is 2. The number of nitrogens with one attached hydrogen (secondary N) is 1. The first-order valence-corrected chi connectivity index (χ1v) is 9.35. The standard InChI is InChI=1S/C20H20ClF2N3O3/c1-29-19(27)18(14-4-2-3-5-15(14)21)25-8-10-26(11-9-25)20(28)24-13-6-7-16(22)17(23)12-13/h2-7,12,18H,8-11H2,1H3,(H,24,28)/t18-/m0/s1. The number of benzene rings is 2. The fourth-order valence-electron chi connectivity index (χ4n) is 3.24. The Morgan fingerprint density at radius 2 is 1.76 bits per heavy atom. The van der Waals surface area contributed by atoms with Gasteiger partial charge in [0.05, 0.1) is 7.11 Å². The molecular formula is C20H20ClF2N3O3. The Morgan fingerprint density at radius 3 is 2.38 bits per heavy atom. The molecule has 1 N–H and O–H groups in total. The minimum absolute atomic E-state index is 0.167. The molecule has 0 saturated carbocycles. The first-order chi connectivity index (χ1) is 13.9. The number of methoxy groups -OCH3 is 1. The molecule has 1 heterocycles. The largest absolute Gasteiger partial charge is 0.468 e. The molecular weight excluding hydrogens is 404 g/mol. The number of carbonyl (C=O) groups excluding carboxylic acids is 2. The molecule has 2 aromatic carbocycles. The molecule has 1 saturated heterocycles. The normalized spacial score (nSPS) is 15.7. The number of esters is 1. The van der Waals surface area contributed by atoms with Crippen LogP contribution >= 0.6 is 11.6 Å². The second kappa shape index (κ2) is 9.19. The van der Waals surface area contributed by atoms with E-state index in [2.05, 4.69) is 5.32 Å². The molecule has 29 heavy (non-hydrogen) atoms. The van der Waals surface area contributed by atoms with Gasteiger partial charge in [0.2, 0.25) is 0 Å². The fourth-order valence-corrected chi connectivity index (χ4v) is 3.48. The van der Waals surface area contributed by atoms with Gasteiger partial charge in [-0.25, -0.2) is 18.4 Å². The molecule has 0 aliphatic carbocycles. The first kappa shape index (κ1) is 21.0. The van der Waals surface area contributed by atoms with Gasteiger partial charge >= 0.3 is 12.0 Å². The van der Waals surface area contributed by atoms with Gasteiger partial charge in [-0.2, -0.15) is 0 Å². The van der Waals surface area contributed by atoms with Crippen LogP contribution in [0.3, 0.4) is 0 Å². The van der Waals surface area contributed by atoms with E-state index in [4.69, 9.17) is 16.3 Å². The monoisotopic (exact) mass is 423 g/mol. The minimum atomic E-state index is -1.03. The molecule has 2 aromatic rings. The maximum Gasteiger partial charge on any atom is 0.327 e. The van der Waals surface area contributed by atoms with Gasteiger partial charge in [0, 0.05) is 43.0 Å². The smallest absolute Gasteiger partial charge is 0.327 e. The predicted molar refractivity (Wildman–Crippen MR) is 105 cm³/mol. The second-order valence-corrected chi connectivity index (χ2v) is 6.94. The lowest BCUT2D eigenvalue weighted by Crippen LogP contribution is -2.52. The molecule has 6 nitrogen and oxygen atoms in total. The van der Waals surface area contributed by atoms with Gasteiger partial charge in [-0.15, -0.1) is 0 Å². The molecule has 1 aliphatic rings. The summed E-state index contributed by atoms with van der Waals surface area (Å²) in [5, 5.41) is 3.01. The van der Waals surface area contributed by atoms with E-state index in [0.29, 0.717) is 36.8 Å². The van der Waals surface area contributed by atoms with Crippen LogP contribution in [-0.4, -0.2) is 55.1 Å². The maximum absolute atomic E-state index is 13.3. The number of anilines is 1. The summed E-state index contributed by atoms with van der Waals surface area (Å²) in [5.41, 5.74) is 0.806. The highest BCUT2D eigenvalue weighted by molar-refractivity contribution is 6.31. The summed E-state index contributed by atoms with van der Waals surface area (Å²) in [6.45, 7) is 1.51. The van der Waals surface area contributed by atoms with Gasteiger partial charge in [0.25, 0.3) is 0 Å². The van der Waals surface area contributed by atoms with E-state index < -0.39 is 29.7 Å². The van der Waals surface area contributed by atoms with Crippen molar-refractivity contribution < 1.29 is 23.1 Å². The van der Waals surface area contributed by atoms with Crippen molar-refractivity contribution in [3.05, 3.63) is 64.7 Å². The van der Waals surface area contributed by atoms with Crippen LogP contribution in [0.25, 0.3) is 0 Å². The molecule has 0 aromatic heterocycles. The molecule has 9 heteroatoms. The van der Waals surface area contributed by atoms with Crippen molar-refractivity contribution in [2.24, 2.45) is 0 Å². The van der Waals surface area contributed by atoms with Crippen molar-refractivity contribution in [2.45, 2.75) is 6.04 Å². The van der Waals surface area contributed by atoms with Crippen LogP contribution in [-0.2, 0) is 9.53 Å². The second-order valence-electron chi connectivity index (χ2n) is 6.53. The van der Waals surface area contributed by atoms with E-state index in [0.717, 1.165) is 12.1 Å². The topological polar surface area (TPSA) is 61.9 Å². The number of halogens is 3. The molecule has 3 rings (SSSR count). The third-order valence-electron chi connectivity index (χ3n) is 4.76. The molecule has 154 valence electrons. The number of hydrogen-bond donors (Lipinski definition) is 1. The van der Waals surface area contributed by atoms with E-state index in [1.54, 1.807) is 29.2 Å². The van der Waals surface area contributed by atoms with Gasteiger partial charge in [-0.05, 0) is 23.8 Å². The van der Waals surface area contributed by atoms with Crippen molar-refractivity contribution in [1.82, 2.24) is 9.80 Å². The zero-order valence-corrected chi connectivity index (χ0v) is 16.5. The van der Waals surface area contributed by atoms with Crippen molar-refractivity contribution in [1.29, 1.82) is 0 Å². The summed E-state index contributed by atoms with van der Waals surface area (Å²) in [4.78, 5) is 28.3. The molecule has 0 spiro atoms. The Labute approximate surface area is 172 Å². The van der Waals surface area contributed by atoms with Crippen molar-refractivity contribution in [2.75, 3.05) is 38.6 Å². The van der Waals surface area contributed by atoms with Crippen LogP contribution in [0.15, 0.2) is 42.5 Å². The quantitative estimate of drug-likeness (QED) is 0.762. The number of rotatable bonds is 4. The summed E-state index contributed by atoms with van der Waals surface area (Å²) in [7, 11) is 1.32. The third-order valence-corrected chi connectivity index (χ3v) is 5.11. The number of nitrogens with zero attached hydrogens (tertiary/aromatic N) is 2. The fraction of sp³-hybridized carbons (Fsp3) is 0.300. The van der Waals surface area contributed by atoms with Crippen LogP contribution in [0.4, 0.5) is 19.3 Å². The number of carbonyl (C=O) groups is 2. The van der Waals surface area contributed by atoms with Gasteiger partial charge in [-0.3, -0.25) is 4.90 Å². The predicted octanol–water partition coefficient (Wildman–Crippen LogP) is 3.68. The van der Waals surface area contributed by atoms with Gasteiger partial charge < -0.3 is 15.0 Å². The molecule has 1 atom stereocenters. The van der Waals surface area contributed by atoms with E-state index >= 15 is 0 Å². The summed E-state index contributed by atoms with van der Waals surface area (Å²) in [6, 6.07) is 9.11. The molecule has 1 fully saturated rings. The summed E-state index contributed by atoms with van der Waals surface area (Å²) in [5.74, 6) is -2.45. The van der Waals surface area contributed by atoms with E-state index in [-0.39, 0.29) is 5.69 Å². The maximum atomic E-state index is 13.3. The zero-order valence-electron chi connectivity index (χ0n) is 15.7. The Balaban J connectivity index is 1.66. The zero-order chi connectivity index (χ0) is 21.0. The van der Waals surface area contributed by atoms with Crippen molar-refractivity contribution in [3.63, 3.8) is 0 Å². The van der Waals surface area contributed by atoms with Crippen LogP contribution < -0.4 is 5.32 Å². The van der Waals surface area contributed by atoms with E-state index in [9.17, 15) is 18.4 Å². The average Bonchev–Trinajstić information content (AvgIpc) is 2.72. The third kappa shape index (κ3) is 4.83. The summed E-state index contributed by atoms with van der Waals surface area (Å²) < 4.78 is 31.3. The Bertz CT molecular complexity index is 904. The van der Waals surface area contributed by atoms with Crippen LogP contribution in [0.1, 0.15) is 11.6 Å². The molecule has 1 aliphatic heterocycles. The lowest BCUT2D eigenvalue weighted by atomic mass is 10.0. The average molecular weight is 424 g/mol. The SMILES string of the molecule is COC(=O)[C@H](c1ccccc1Cl)N1CCN(C(=O)Nc2ccc(F)c(F)c2)CC1. The number of piperazine rings is 1. The molecule has 0 bridgehead atoms. The van der Waals surface area contributed by atoms with E-state index in [1.165, 1.54) is 13.2 Å². The Hall–Kier alpha value is -2.71. The number of hydrogen-bond acceptors (Lipinski definition) is 4. The highest BCUT2D eigenvalue weighted by Gasteiger charge is 2.33. The van der Waals surface area contributed by atoms with Gasteiger partial charge in [-0.1, -0.05) is 29.8 Å². The Morgan fingerprint density at radius 1 is 1.07 bits per heavy atom. The summed E-state index contributed by atoms with van der Waals surface area (Å²) in [6.07, 6.45) is 0. The van der Waals surface area contributed by atoms with Crippen LogP contribution in [0, 0.1) is 11.6 Å². The summed E-state index contributed by atoms with van der Waals surface area (Å²) >= 11 is 6.27. The first-order valence-electron chi connectivity index (χ1n) is 8.98. The highest BCUT2D eigenvalue weighted by Crippen LogP contribution is 2.29. The number of ether oxygens (including phenoxy) is 1. The molecule has 0 radical (unpaired) electrons. The Kier molecular flexibility index (Phi) is 6.66. The molecule has 0 unspecified atom stereocenters. The van der Waals surface area contributed by atoms with E-state index in [1.807, 2.05) is 4.90 Å².